The third-order valence-corrected chi connectivity index (χ3v) is 7.30. The molecular formula is C20H23F2O6S-. The number of esters is 1. The summed E-state index contributed by atoms with van der Waals surface area (Å²) in [6.07, 6.45) is 5.87. The van der Waals surface area contributed by atoms with Crippen LogP contribution < -0.4 is 9.99 Å². The Hall–Kier alpha value is -1.42. The first kappa shape index (κ1) is 20.8. The number of ether oxygens (including phenoxy) is 2. The lowest BCUT2D eigenvalue weighted by atomic mass is 9.43. The summed E-state index contributed by atoms with van der Waals surface area (Å²) >= 11 is -0.651. The Morgan fingerprint density at radius 1 is 1.21 bits per heavy atom. The molecule has 4 bridgehead atoms. The van der Waals surface area contributed by atoms with Crippen molar-refractivity contribution < 1.29 is 37.7 Å². The Kier molecular flexibility index (Phi) is 5.52. The van der Waals surface area contributed by atoms with E-state index >= 15 is 0 Å². The zero-order chi connectivity index (χ0) is 20.7. The van der Waals surface area contributed by atoms with Crippen LogP contribution in [0, 0.1) is 17.3 Å². The molecule has 0 amide bonds. The molecule has 0 radical (unpaired) electrons. The van der Waals surface area contributed by atoms with Crippen LogP contribution in [0.2, 0.25) is 0 Å². The van der Waals surface area contributed by atoms with Crippen LogP contribution in [-0.2, 0) is 24.3 Å². The Morgan fingerprint density at radius 3 is 2.45 bits per heavy atom. The van der Waals surface area contributed by atoms with Crippen molar-refractivity contribution in [1.29, 1.82) is 0 Å². The molecule has 5 rings (SSSR count). The van der Waals surface area contributed by atoms with E-state index in [-0.39, 0.29) is 17.4 Å². The maximum Gasteiger partial charge on any atom is 0.415 e. The summed E-state index contributed by atoms with van der Waals surface area (Å²) in [7, 11) is 1.63. The first-order valence-corrected chi connectivity index (χ1v) is 10.4. The molecule has 0 spiro atoms. The number of hydrogen-bond acceptors (Lipinski definition) is 7. The van der Waals surface area contributed by atoms with Crippen molar-refractivity contribution in [2.24, 2.45) is 17.3 Å². The number of rotatable bonds is 8. The van der Waals surface area contributed by atoms with E-state index in [9.17, 15) is 18.8 Å². The fourth-order valence-corrected chi connectivity index (χ4v) is 6.54. The summed E-state index contributed by atoms with van der Waals surface area (Å²) in [4.78, 5) is 11.8. The van der Waals surface area contributed by atoms with E-state index in [1.54, 1.807) is 7.11 Å². The largest absolute Gasteiger partial charge is 0.691 e. The van der Waals surface area contributed by atoms with Gasteiger partial charge in [-0.1, -0.05) is 12.1 Å². The van der Waals surface area contributed by atoms with Crippen molar-refractivity contribution in [3.8, 4) is 5.75 Å². The van der Waals surface area contributed by atoms with Gasteiger partial charge in [0.25, 0.3) is 0 Å². The first-order chi connectivity index (χ1) is 13.8. The molecule has 9 heteroatoms. The van der Waals surface area contributed by atoms with Crippen molar-refractivity contribution in [2.75, 3.05) is 13.7 Å². The molecular weight excluding hydrogens is 406 g/mol. The highest BCUT2D eigenvalue weighted by Gasteiger charge is 2.59. The summed E-state index contributed by atoms with van der Waals surface area (Å²) in [5.74, 6) is 0.0909. The number of hydrogen-bond donors (Lipinski definition) is 0. The summed E-state index contributed by atoms with van der Waals surface area (Å²) in [6.45, 7) is -0.0505. The highest BCUT2D eigenvalue weighted by molar-refractivity contribution is 7.96. The van der Waals surface area contributed by atoms with Gasteiger partial charge in [-0.15, -0.1) is 0 Å². The highest BCUT2D eigenvalue weighted by Crippen LogP contribution is 2.65. The van der Waals surface area contributed by atoms with Gasteiger partial charge in [-0.25, -0.2) is 4.79 Å². The summed E-state index contributed by atoms with van der Waals surface area (Å²) < 4.78 is 41.3. The number of carbonyl (C=O) groups is 1. The molecule has 2 unspecified atom stereocenters. The zero-order valence-electron chi connectivity index (χ0n) is 16.0. The van der Waals surface area contributed by atoms with Crippen molar-refractivity contribution in [1.82, 2.24) is 0 Å². The summed E-state index contributed by atoms with van der Waals surface area (Å²) in [5.41, 5.74) is 0.931. The fraction of sp³-hybridized carbons (Fsp3) is 0.650. The van der Waals surface area contributed by atoms with Crippen LogP contribution in [0.25, 0.3) is 0 Å². The molecule has 4 aliphatic rings. The van der Waals surface area contributed by atoms with E-state index in [1.165, 1.54) is 5.56 Å². The number of alkyl halides is 2. The Balaban J connectivity index is 1.50. The van der Waals surface area contributed by atoms with Gasteiger partial charge in [-0.05, 0) is 73.5 Å². The average Bonchev–Trinajstić information content (AvgIpc) is 2.69. The molecule has 0 aliphatic heterocycles. The minimum atomic E-state index is -4.00. The van der Waals surface area contributed by atoms with Gasteiger partial charge < -0.3 is 14.7 Å². The maximum atomic E-state index is 13.7. The number of benzene rings is 1. The van der Waals surface area contributed by atoms with E-state index in [0.717, 1.165) is 44.3 Å². The standard InChI is InChI=1S/C20H24F2O6S/c1-25-16-4-2-15(3-5-16)19-9-13-6-14(10-19)8-18(7-13,11-19)12-26-17(23)20(21,22)29-28-27-24/h2-5,13-14,24H,6-12H2,1H3/p-1. The third kappa shape index (κ3) is 3.97. The molecule has 0 saturated heterocycles. The summed E-state index contributed by atoms with van der Waals surface area (Å²) in [6, 6.07) is 8.10. The normalized spacial score (nSPS) is 33.0. The topological polar surface area (TPSA) is 77.1 Å². The molecule has 1 aromatic carbocycles. The summed E-state index contributed by atoms with van der Waals surface area (Å²) in [5, 5.41) is 8.66. The lowest BCUT2D eigenvalue weighted by Crippen LogP contribution is -2.55. The van der Waals surface area contributed by atoms with Crippen LogP contribution in [-0.4, -0.2) is 24.9 Å². The molecule has 0 aromatic heterocycles. The Bertz CT molecular complexity index is 742. The van der Waals surface area contributed by atoms with E-state index in [4.69, 9.17) is 9.47 Å². The minimum Gasteiger partial charge on any atom is -0.691 e. The monoisotopic (exact) mass is 429 g/mol. The third-order valence-electron chi connectivity index (χ3n) is 6.80. The number of halogens is 2. The second-order valence-corrected chi connectivity index (χ2v) is 9.60. The van der Waals surface area contributed by atoms with Gasteiger partial charge in [0.1, 0.15) is 17.8 Å². The molecule has 4 saturated carbocycles. The molecule has 1 aromatic rings. The van der Waals surface area contributed by atoms with E-state index in [2.05, 4.69) is 21.5 Å². The van der Waals surface area contributed by atoms with Crippen molar-refractivity contribution >= 4 is 18.0 Å². The molecule has 29 heavy (non-hydrogen) atoms. The van der Waals surface area contributed by atoms with E-state index in [0.29, 0.717) is 11.8 Å². The SMILES string of the molecule is COc1ccc(C23CC4CC(CC(COC(=O)C(F)(F)SOO[O-])(C4)C2)C3)cc1. The Morgan fingerprint density at radius 2 is 1.86 bits per heavy atom. The molecule has 6 nitrogen and oxygen atoms in total. The highest BCUT2D eigenvalue weighted by atomic mass is 32.2. The molecule has 160 valence electrons. The van der Waals surface area contributed by atoms with Crippen LogP contribution >= 0.6 is 12.0 Å². The quantitative estimate of drug-likeness (QED) is 0.271. The molecule has 4 aliphatic carbocycles. The smallest absolute Gasteiger partial charge is 0.415 e. The minimum absolute atomic E-state index is 0.0143. The van der Waals surface area contributed by atoms with Gasteiger partial charge in [0.15, 0.2) is 0 Å². The number of methoxy groups -OCH3 is 1. The van der Waals surface area contributed by atoms with Gasteiger partial charge in [0.05, 0.1) is 13.7 Å². The van der Waals surface area contributed by atoms with Crippen LogP contribution in [0.3, 0.4) is 0 Å². The number of carbonyl (C=O) groups excluding carboxylic acids is 1. The predicted octanol–water partition coefficient (Wildman–Crippen LogP) is 3.54. The lowest BCUT2D eigenvalue weighted by molar-refractivity contribution is -0.777. The van der Waals surface area contributed by atoms with E-state index < -0.39 is 23.3 Å². The van der Waals surface area contributed by atoms with Crippen molar-refractivity contribution in [2.45, 2.75) is 49.2 Å². The fourth-order valence-electron chi connectivity index (χ4n) is 6.30. The van der Waals surface area contributed by atoms with Gasteiger partial charge in [-0.2, -0.15) is 13.1 Å². The average molecular weight is 429 g/mol. The van der Waals surface area contributed by atoms with Gasteiger partial charge in [-0.3, -0.25) is 5.04 Å². The van der Waals surface area contributed by atoms with Crippen LogP contribution in [0.4, 0.5) is 8.78 Å². The maximum absolute atomic E-state index is 13.7. The Labute approximate surface area is 171 Å². The van der Waals surface area contributed by atoms with Crippen LogP contribution in [0.15, 0.2) is 24.3 Å². The first-order valence-electron chi connectivity index (χ1n) is 9.64. The van der Waals surface area contributed by atoms with Crippen molar-refractivity contribution in [3.63, 3.8) is 0 Å². The molecule has 2 atom stereocenters. The van der Waals surface area contributed by atoms with Gasteiger partial charge in [0.2, 0.25) is 0 Å². The molecule has 0 N–H and O–H groups in total. The second kappa shape index (κ2) is 7.68. The zero-order valence-corrected chi connectivity index (χ0v) is 16.8. The van der Waals surface area contributed by atoms with E-state index in [1.807, 2.05) is 12.1 Å². The van der Waals surface area contributed by atoms with Crippen molar-refractivity contribution in [3.05, 3.63) is 29.8 Å². The lowest BCUT2D eigenvalue weighted by Gasteiger charge is -2.62. The van der Waals surface area contributed by atoms with Crippen LogP contribution in [0.5, 0.6) is 5.75 Å². The molecule has 4 fully saturated rings. The van der Waals surface area contributed by atoms with Gasteiger partial charge >= 0.3 is 11.2 Å². The predicted molar refractivity (Wildman–Crippen MR) is 97.5 cm³/mol. The second-order valence-electron chi connectivity index (χ2n) is 8.78. The molecule has 0 heterocycles. The van der Waals surface area contributed by atoms with Crippen LogP contribution in [0.1, 0.15) is 44.1 Å². The van der Waals surface area contributed by atoms with Gasteiger partial charge in [0, 0.05) is 5.41 Å².